The Bertz CT molecular complexity index is 382. The van der Waals surface area contributed by atoms with E-state index in [2.05, 4.69) is 6.92 Å². The van der Waals surface area contributed by atoms with Gasteiger partial charge in [0.05, 0.1) is 13.2 Å². The fraction of sp³-hybridized carbons (Fsp3) is 0.900. The number of aliphatic hydroxyl groups excluding tert-OH is 2. The Balaban J connectivity index is 4.25. The molecule has 0 saturated carbocycles. The van der Waals surface area contributed by atoms with Gasteiger partial charge in [0.15, 0.2) is 0 Å². The number of unbranched alkanes of at least 4 members (excludes halogenated alkanes) is 9. The number of aliphatic hydroxyl groups is 2. The fourth-order valence-electron chi connectivity index (χ4n) is 3.18. The Labute approximate surface area is 158 Å². The molecular weight excluding hydrogens is 334 g/mol. The van der Waals surface area contributed by atoms with Crippen LogP contribution in [0.5, 0.6) is 0 Å². The van der Waals surface area contributed by atoms with E-state index in [1.807, 2.05) is 0 Å². The molecule has 0 aromatic rings. The van der Waals surface area contributed by atoms with Gasteiger partial charge in [-0.3, -0.25) is 9.59 Å². The summed E-state index contributed by atoms with van der Waals surface area (Å²) in [4.78, 5) is 25.5. The van der Waals surface area contributed by atoms with Crippen molar-refractivity contribution in [2.45, 2.75) is 84.5 Å². The summed E-state index contributed by atoms with van der Waals surface area (Å²) in [6.45, 7) is 3.25. The molecule has 1 unspecified atom stereocenters. The summed E-state index contributed by atoms with van der Waals surface area (Å²) in [5.41, 5.74) is -1.50. The molecule has 0 heterocycles. The Morgan fingerprint density at radius 2 is 1.23 bits per heavy atom. The lowest BCUT2D eigenvalue weighted by molar-refractivity contribution is -0.160. The number of carboxylic acids is 1. The molecule has 0 aliphatic carbocycles. The van der Waals surface area contributed by atoms with E-state index in [1.165, 1.54) is 50.3 Å². The van der Waals surface area contributed by atoms with Crippen molar-refractivity contribution in [2.75, 3.05) is 26.3 Å². The van der Waals surface area contributed by atoms with Gasteiger partial charge >= 0.3 is 5.97 Å². The monoisotopic (exact) mass is 373 g/mol. The van der Waals surface area contributed by atoms with Crippen molar-refractivity contribution in [3.05, 3.63) is 0 Å². The third-order valence-corrected chi connectivity index (χ3v) is 5.00. The van der Waals surface area contributed by atoms with Crippen LogP contribution in [0.2, 0.25) is 0 Å². The van der Waals surface area contributed by atoms with Crippen LogP contribution in [-0.4, -0.2) is 58.4 Å². The van der Waals surface area contributed by atoms with Crippen LogP contribution >= 0.6 is 0 Å². The highest BCUT2D eigenvalue weighted by molar-refractivity contribution is 6.01. The van der Waals surface area contributed by atoms with Crippen LogP contribution in [0.25, 0.3) is 0 Å². The molecule has 6 heteroatoms. The van der Waals surface area contributed by atoms with E-state index < -0.39 is 17.3 Å². The molecule has 0 fully saturated rings. The molecule has 0 radical (unpaired) electrons. The van der Waals surface area contributed by atoms with Crippen molar-refractivity contribution >= 4 is 11.9 Å². The normalized spacial score (nSPS) is 13.4. The number of hydrogen-bond donors (Lipinski definition) is 3. The quantitative estimate of drug-likeness (QED) is 0.269. The van der Waals surface area contributed by atoms with Gasteiger partial charge in [0.2, 0.25) is 5.91 Å². The van der Waals surface area contributed by atoms with Gasteiger partial charge in [-0.2, -0.15) is 0 Å². The zero-order valence-corrected chi connectivity index (χ0v) is 16.7. The van der Waals surface area contributed by atoms with Crippen LogP contribution in [0.1, 0.15) is 84.5 Å². The highest BCUT2D eigenvalue weighted by Gasteiger charge is 2.43. The number of carbonyl (C=O) groups is 2. The summed E-state index contributed by atoms with van der Waals surface area (Å²) in [5, 5.41) is 27.7. The second-order valence-corrected chi connectivity index (χ2v) is 7.31. The summed E-state index contributed by atoms with van der Waals surface area (Å²) < 4.78 is 0. The minimum absolute atomic E-state index is 0.0420. The third kappa shape index (κ3) is 9.53. The maximum Gasteiger partial charge on any atom is 0.318 e. The van der Waals surface area contributed by atoms with Gasteiger partial charge in [-0.15, -0.1) is 0 Å². The second kappa shape index (κ2) is 15.0. The summed E-state index contributed by atoms with van der Waals surface area (Å²) in [5.74, 6) is -1.66. The fourth-order valence-corrected chi connectivity index (χ4v) is 3.18. The van der Waals surface area contributed by atoms with Crippen molar-refractivity contribution in [1.82, 2.24) is 4.90 Å². The summed E-state index contributed by atoms with van der Waals surface area (Å²) in [6, 6.07) is 0. The first kappa shape index (κ1) is 24.9. The molecule has 1 atom stereocenters. The Hall–Kier alpha value is -1.14. The molecule has 0 bridgehead atoms. The van der Waals surface area contributed by atoms with E-state index in [-0.39, 0.29) is 32.7 Å². The number of aliphatic carboxylic acids is 1. The number of carbonyl (C=O) groups excluding carboxylic acids is 1. The molecule has 26 heavy (non-hydrogen) atoms. The molecule has 0 aliphatic heterocycles. The van der Waals surface area contributed by atoms with Crippen molar-refractivity contribution in [3.8, 4) is 0 Å². The lowest BCUT2D eigenvalue weighted by Crippen LogP contribution is -2.48. The highest BCUT2D eigenvalue weighted by atomic mass is 16.4. The zero-order valence-electron chi connectivity index (χ0n) is 16.7. The van der Waals surface area contributed by atoms with Gasteiger partial charge in [0.1, 0.15) is 5.41 Å². The van der Waals surface area contributed by atoms with Gasteiger partial charge in [-0.1, -0.05) is 71.1 Å². The molecule has 1 amide bonds. The molecule has 6 nitrogen and oxygen atoms in total. The van der Waals surface area contributed by atoms with Crippen LogP contribution in [0.4, 0.5) is 0 Å². The topological polar surface area (TPSA) is 98.1 Å². The van der Waals surface area contributed by atoms with Gasteiger partial charge < -0.3 is 20.2 Å². The number of hydrogen-bond acceptors (Lipinski definition) is 4. The number of rotatable bonds is 17. The number of carboxylic acid groups (broad SMARTS) is 1. The molecular formula is C20H39NO5. The first-order chi connectivity index (χ1) is 12.4. The van der Waals surface area contributed by atoms with Gasteiger partial charge in [0.25, 0.3) is 0 Å². The molecule has 0 spiro atoms. The maximum absolute atomic E-state index is 12.6. The summed E-state index contributed by atoms with van der Waals surface area (Å²) in [7, 11) is 0. The van der Waals surface area contributed by atoms with Crippen LogP contribution in [0.15, 0.2) is 0 Å². The molecule has 3 N–H and O–H groups in total. The Morgan fingerprint density at radius 3 is 1.62 bits per heavy atom. The predicted molar refractivity (Wildman–Crippen MR) is 103 cm³/mol. The predicted octanol–water partition coefficient (Wildman–Crippen LogP) is 3.20. The molecule has 0 saturated heterocycles. The van der Waals surface area contributed by atoms with E-state index in [1.54, 1.807) is 0 Å². The van der Waals surface area contributed by atoms with Gasteiger partial charge in [-0.05, 0) is 13.3 Å². The molecule has 154 valence electrons. The third-order valence-electron chi connectivity index (χ3n) is 5.00. The minimum Gasteiger partial charge on any atom is -0.480 e. The molecule has 0 aromatic heterocycles. The average Bonchev–Trinajstić information content (AvgIpc) is 2.62. The zero-order chi connectivity index (χ0) is 19.8. The maximum atomic E-state index is 12.6. The average molecular weight is 374 g/mol. The Kier molecular flexibility index (Phi) is 14.3. The first-order valence-electron chi connectivity index (χ1n) is 10.2. The van der Waals surface area contributed by atoms with E-state index in [0.29, 0.717) is 6.42 Å². The smallest absolute Gasteiger partial charge is 0.318 e. The van der Waals surface area contributed by atoms with Crippen LogP contribution in [-0.2, 0) is 9.59 Å². The van der Waals surface area contributed by atoms with E-state index in [0.717, 1.165) is 19.3 Å². The van der Waals surface area contributed by atoms with Crippen molar-refractivity contribution in [1.29, 1.82) is 0 Å². The molecule has 0 rings (SSSR count). The highest BCUT2D eigenvalue weighted by Crippen LogP contribution is 2.28. The summed E-state index contributed by atoms with van der Waals surface area (Å²) >= 11 is 0. The van der Waals surface area contributed by atoms with E-state index in [4.69, 9.17) is 10.2 Å². The van der Waals surface area contributed by atoms with Crippen molar-refractivity contribution in [2.24, 2.45) is 5.41 Å². The van der Waals surface area contributed by atoms with Crippen LogP contribution < -0.4 is 0 Å². The van der Waals surface area contributed by atoms with E-state index in [9.17, 15) is 14.7 Å². The lowest BCUT2D eigenvalue weighted by atomic mass is 9.83. The molecule has 0 aliphatic rings. The van der Waals surface area contributed by atoms with Gasteiger partial charge in [0, 0.05) is 13.1 Å². The van der Waals surface area contributed by atoms with Gasteiger partial charge in [-0.25, -0.2) is 0 Å². The van der Waals surface area contributed by atoms with Crippen molar-refractivity contribution < 1.29 is 24.9 Å². The van der Waals surface area contributed by atoms with Crippen LogP contribution in [0.3, 0.4) is 0 Å². The SMILES string of the molecule is CCCCCCCCCCCCC(C)(C(=O)O)C(=O)N(CCO)CCO. The second-order valence-electron chi connectivity index (χ2n) is 7.31. The lowest BCUT2D eigenvalue weighted by Gasteiger charge is -2.31. The minimum atomic E-state index is -1.50. The molecule has 0 aromatic carbocycles. The Morgan fingerprint density at radius 1 is 0.808 bits per heavy atom. The number of nitrogens with zero attached hydrogens (tertiary/aromatic N) is 1. The summed E-state index contributed by atoms with van der Waals surface area (Å²) in [6.07, 6.45) is 11.8. The van der Waals surface area contributed by atoms with Crippen molar-refractivity contribution in [3.63, 3.8) is 0 Å². The number of amides is 1. The largest absolute Gasteiger partial charge is 0.480 e. The first-order valence-corrected chi connectivity index (χ1v) is 10.2. The van der Waals surface area contributed by atoms with Crippen LogP contribution in [0, 0.1) is 5.41 Å². The van der Waals surface area contributed by atoms with E-state index >= 15 is 0 Å². The standard InChI is InChI=1S/C20H39NO5/c1-3-4-5-6-7-8-9-10-11-12-13-20(2,19(25)26)18(24)21(14-16-22)15-17-23/h22-23H,3-17H2,1-2H3,(H,25,26).